The summed E-state index contributed by atoms with van der Waals surface area (Å²) in [4.78, 5) is 10.9. The lowest BCUT2D eigenvalue weighted by atomic mass is 10.1. The van der Waals surface area contributed by atoms with Gasteiger partial charge in [-0.05, 0) is 0 Å². The zero-order chi connectivity index (χ0) is 8.27. The number of carbonyl (C=O) groups excluding carboxylic acids is 1. The molecule has 1 rings (SSSR count). The van der Waals surface area contributed by atoms with Crippen molar-refractivity contribution in [3.8, 4) is 0 Å². The van der Waals surface area contributed by atoms with Crippen molar-refractivity contribution >= 4 is 5.78 Å². The monoisotopic (exact) mass is 155 g/mol. The maximum atomic E-state index is 10.9. The summed E-state index contributed by atoms with van der Waals surface area (Å²) >= 11 is 0. The van der Waals surface area contributed by atoms with Gasteiger partial charge in [-0.1, -0.05) is 0 Å². The molecule has 0 saturated heterocycles. The van der Waals surface area contributed by atoms with Crippen molar-refractivity contribution in [2.24, 2.45) is 0 Å². The average Bonchev–Trinajstić information content (AvgIpc) is 2.05. The lowest BCUT2D eigenvalue weighted by Crippen LogP contribution is -2.28. The first-order valence-electron chi connectivity index (χ1n) is 3.15. The van der Waals surface area contributed by atoms with Gasteiger partial charge in [0.15, 0.2) is 11.7 Å². The molecule has 0 aromatic rings. The van der Waals surface area contributed by atoms with Gasteiger partial charge in [-0.25, -0.2) is 0 Å². The number of allylic oxidation sites excluding steroid dienone is 1. The van der Waals surface area contributed by atoms with Crippen LogP contribution in [0.1, 0.15) is 0 Å². The molecule has 1 aliphatic rings. The summed E-state index contributed by atoms with van der Waals surface area (Å²) in [5, 5.41) is 11.3. The third kappa shape index (κ3) is 1.52. The van der Waals surface area contributed by atoms with Gasteiger partial charge in [-0.15, -0.1) is 0 Å². The van der Waals surface area contributed by atoms with Gasteiger partial charge in [0.25, 0.3) is 0 Å². The first kappa shape index (κ1) is 7.65. The Morgan fingerprint density at radius 3 is 3.09 bits per heavy atom. The number of aliphatic hydroxyl groups excluding tert-OH is 1. The number of carbonyl (C=O) groups is 1. The van der Waals surface area contributed by atoms with Crippen molar-refractivity contribution in [3.63, 3.8) is 0 Å². The largest absolute Gasteiger partial charge is 0.515 e. The number of nitrogens with one attached hydrogen (secondary N) is 1. The van der Waals surface area contributed by atoms with Crippen molar-refractivity contribution in [3.05, 3.63) is 23.8 Å². The van der Waals surface area contributed by atoms with Gasteiger partial charge in [-0.2, -0.15) is 0 Å². The molecule has 2 N–H and O–H groups in total. The minimum atomic E-state index is -0.145. The number of hydrogen-bond acceptors (Lipinski definition) is 4. The topological polar surface area (TPSA) is 58.6 Å². The number of ketones is 1. The maximum absolute atomic E-state index is 10.9. The summed E-state index contributed by atoms with van der Waals surface area (Å²) in [7, 11) is 1.49. The lowest BCUT2D eigenvalue weighted by molar-refractivity contribution is -0.115. The molecule has 0 radical (unpaired) electrons. The summed E-state index contributed by atoms with van der Waals surface area (Å²) in [6, 6.07) is 0. The molecular formula is C7H9NO3. The van der Waals surface area contributed by atoms with E-state index in [9.17, 15) is 4.79 Å². The highest BCUT2D eigenvalue weighted by Gasteiger charge is 2.14. The standard InChI is InChI=1S/C7H9NO3/c1-11-7-2-5(4-9)6(10)3-8-7/h2,4,8-9H,3H2,1H3. The van der Waals surface area contributed by atoms with Crippen molar-refractivity contribution in [1.29, 1.82) is 0 Å². The Hall–Kier alpha value is -1.45. The molecule has 4 heteroatoms. The fraction of sp³-hybridized carbons (Fsp3) is 0.286. The van der Waals surface area contributed by atoms with E-state index in [-0.39, 0.29) is 17.9 Å². The summed E-state index contributed by atoms with van der Waals surface area (Å²) < 4.78 is 4.82. The minimum absolute atomic E-state index is 0.145. The third-order valence-electron chi connectivity index (χ3n) is 1.39. The van der Waals surface area contributed by atoms with Crippen LogP contribution in [0.2, 0.25) is 0 Å². The van der Waals surface area contributed by atoms with Crippen molar-refractivity contribution in [2.45, 2.75) is 0 Å². The molecule has 0 fully saturated rings. The Morgan fingerprint density at radius 2 is 2.55 bits per heavy atom. The fourth-order valence-corrected chi connectivity index (χ4v) is 0.783. The molecule has 4 nitrogen and oxygen atoms in total. The minimum Gasteiger partial charge on any atom is -0.515 e. The van der Waals surface area contributed by atoms with E-state index in [0.29, 0.717) is 5.88 Å². The highest BCUT2D eigenvalue weighted by atomic mass is 16.5. The van der Waals surface area contributed by atoms with Crippen LogP contribution in [0.3, 0.4) is 0 Å². The van der Waals surface area contributed by atoms with Gasteiger partial charge < -0.3 is 15.2 Å². The average molecular weight is 155 g/mol. The molecule has 1 heterocycles. The molecule has 0 spiro atoms. The number of aliphatic hydroxyl groups is 1. The van der Waals surface area contributed by atoms with Gasteiger partial charge in [-0.3, -0.25) is 4.79 Å². The van der Waals surface area contributed by atoms with Gasteiger partial charge in [0.1, 0.15) is 0 Å². The highest BCUT2D eigenvalue weighted by molar-refractivity contribution is 6.00. The predicted molar refractivity (Wildman–Crippen MR) is 38.8 cm³/mol. The predicted octanol–water partition coefficient (Wildman–Crippen LogP) is 0.0884. The highest BCUT2D eigenvalue weighted by Crippen LogP contribution is 2.06. The molecule has 0 amide bonds. The normalized spacial score (nSPS) is 21.0. The third-order valence-corrected chi connectivity index (χ3v) is 1.39. The first-order valence-corrected chi connectivity index (χ1v) is 3.15. The number of methoxy groups -OCH3 is 1. The van der Waals surface area contributed by atoms with Crippen LogP contribution in [-0.2, 0) is 9.53 Å². The van der Waals surface area contributed by atoms with E-state index in [2.05, 4.69) is 5.32 Å². The van der Waals surface area contributed by atoms with Crippen LogP contribution in [0.25, 0.3) is 0 Å². The van der Waals surface area contributed by atoms with Crippen molar-refractivity contribution in [2.75, 3.05) is 13.7 Å². The zero-order valence-electron chi connectivity index (χ0n) is 6.13. The molecule has 0 atom stereocenters. The van der Waals surface area contributed by atoms with Gasteiger partial charge >= 0.3 is 0 Å². The summed E-state index contributed by atoms with van der Waals surface area (Å²) in [6.45, 7) is 0.173. The Balaban J connectivity index is 2.84. The van der Waals surface area contributed by atoms with Crippen LogP contribution in [-0.4, -0.2) is 24.5 Å². The van der Waals surface area contributed by atoms with Crippen LogP contribution in [0.5, 0.6) is 0 Å². The smallest absolute Gasteiger partial charge is 0.187 e. The molecule has 11 heavy (non-hydrogen) atoms. The van der Waals surface area contributed by atoms with Crippen LogP contribution >= 0.6 is 0 Å². The number of hydrogen-bond donors (Lipinski definition) is 2. The Morgan fingerprint density at radius 1 is 1.82 bits per heavy atom. The molecular weight excluding hydrogens is 146 g/mol. The summed E-state index contributed by atoms with van der Waals surface area (Å²) in [5.41, 5.74) is 0.264. The van der Waals surface area contributed by atoms with E-state index in [1.54, 1.807) is 0 Å². The zero-order valence-corrected chi connectivity index (χ0v) is 6.13. The molecule has 0 saturated carbocycles. The van der Waals surface area contributed by atoms with E-state index < -0.39 is 0 Å². The molecule has 0 aromatic carbocycles. The number of Topliss-reactive ketones (excluding diaryl/α,β-unsaturated/α-hetero) is 1. The van der Waals surface area contributed by atoms with Crippen LogP contribution < -0.4 is 5.32 Å². The molecule has 60 valence electrons. The van der Waals surface area contributed by atoms with Gasteiger partial charge in [0, 0.05) is 6.08 Å². The molecule has 0 unspecified atom stereocenters. The Labute approximate surface area is 64.2 Å². The van der Waals surface area contributed by atoms with E-state index >= 15 is 0 Å². The molecule has 0 aromatic heterocycles. The quantitative estimate of drug-likeness (QED) is 0.416. The molecule has 0 aliphatic carbocycles. The molecule has 0 bridgehead atoms. The van der Waals surface area contributed by atoms with E-state index in [0.717, 1.165) is 6.26 Å². The van der Waals surface area contributed by atoms with Crippen LogP contribution in [0.15, 0.2) is 23.8 Å². The second kappa shape index (κ2) is 3.09. The number of ether oxygens (including phenoxy) is 1. The number of rotatable bonds is 1. The van der Waals surface area contributed by atoms with Gasteiger partial charge in [0.05, 0.1) is 25.5 Å². The van der Waals surface area contributed by atoms with Crippen molar-refractivity contribution in [1.82, 2.24) is 5.32 Å². The van der Waals surface area contributed by atoms with Crippen LogP contribution in [0, 0.1) is 0 Å². The summed E-state index contributed by atoms with van der Waals surface area (Å²) in [5.74, 6) is 0.346. The van der Waals surface area contributed by atoms with Gasteiger partial charge in [0.2, 0.25) is 0 Å². The molecule has 1 aliphatic heterocycles. The van der Waals surface area contributed by atoms with Crippen LogP contribution in [0.4, 0.5) is 0 Å². The van der Waals surface area contributed by atoms with E-state index in [1.807, 2.05) is 0 Å². The second-order valence-corrected chi connectivity index (χ2v) is 2.07. The van der Waals surface area contributed by atoms with E-state index in [4.69, 9.17) is 9.84 Å². The van der Waals surface area contributed by atoms with Crippen molar-refractivity contribution < 1.29 is 14.6 Å². The fourth-order valence-electron chi connectivity index (χ4n) is 0.783. The first-order chi connectivity index (χ1) is 5.27. The maximum Gasteiger partial charge on any atom is 0.187 e. The Bertz CT molecular complexity index is 230. The van der Waals surface area contributed by atoms with E-state index in [1.165, 1.54) is 13.2 Å². The second-order valence-electron chi connectivity index (χ2n) is 2.07. The lowest BCUT2D eigenvalue weighted by Gasteiger charge is -2.14. The Kier molecular flexibility index (Phi) is 2.15. The summed E-state index contributed by atoms with van der Waals surface area (Å²) in [6.07, 6.45) is 2.23. The SMILES string of the molecule is COC1=CC(=CO)C(=O)CN1.